The maximum absolute atomic E-state index is 12.2. The van der Waals surface area contributed by atoms with Crippen LogP contribution in [0.25, 0.3) is 0 Å². The molecule has 0 aliphatic rings. The fourth-order valence-electron chi connectivity index (χ4n) is 1.61. The Kier molecular flexibility index (Phi) is 5.65. The van der Waals surface area contributed by atoms with Gasteiger partial charge in [-0.25, -0.2) is 13.1 Å². The summed E-state index contributed by atoms with van der Waals surface area (Å²) in [6.07, 6.45) is 0.624. The molecule has 1 aromatic rings. The van der Waals surface area contributed by atoms with Crippen molar-refractivity contribution in [1.82, 2.24) is 4.72 Å². The third kappa shape index (κ3) is 4.41. The van der Waals surface area contributed by atoms with Crippen molar-refractivity contribution in [3.05, 3.63) is 29.8 Å². The molecule has 0 spiro atoms. The second-order valence-electron chi connectivity index (χ2n) is 4.27. The lowest BCUT2D eigenvalue weighted by Crippen LogP contribution is -2.37. The number of Topliss-reactive ketones (excluding diaryl/α,β-unsaturated/α-hetero) is 1. The first-order valence-corrected chi connectivity index (χ1v) is 7.51. The molecule has 0 saturated heterocycles. The number of nitrogens with one attached hydrogen (secondary N) is 1. The Hall–Kier alpha value is -1.24. The number of benzene rings is 1. The number of sulfonamides is 1. The van der Waals surface area contributed by atoms with E-state index in [0.29, 0.717) is 18.6 Å². The summed E-state index contributed by atoms with van der Waals surface area (Å²) in [5.41, 5.74) is 0.377. The van der Waals surface area contributed by atoms with Crippen LogP contribution in [0.4, 0.5) is 0 Å². The van der Waals surface area contributed by atoms with E-state index in [1.165, 1.54) is 26.2 Å². The molecule has 1 N–H and O–H groups in total. The molecule has 1 atom stereocenters. The lowest BCUT2D eigenvalue weighted by molar-refractivity contribution is 0.101. The van der Waals surface area contributed by atoms with Gasteiger partial charge in [0.2, 0.25) is 10.0 Å². The predicted octanol–water partition coefficient (Wildman–Crippen LogP) is 1.59. The zero-order valence-electron chi connectivity index (χ0n) is 11.3. The van der Waals surface area contributed by atoms with Crippen molar-refractivity contribution in [2.45, 2.75) is 31.2 Å². The minimum Gasteiger partial charge on any atom is -0.383 e. The summed E-state index contributed by atoms with van der Waals surface area (Å²) in [7, 11) is -2.11. The molecule has 0 aromatic heterocycles. The van der Waals surface area contributed by atoms with Crippen molar-refractivity contribution in [2.75, 3.05) is 13.7 Å². The highest BCUT2D eigenvalue weighted by molar-refractivity contribution is 7.89. The summed E-state index contributed by atoms with van der Waals surface area (Å²) in [6.45, 7) is 3.58. The Bertz CT molecular complexity index is 539. The Morgan fingerprint density at radius 3 is 2.63 bits per heavy atom. The van der Waals surface area contributed by atoms with E-state index in [9.17, 15) is 13.2 Å². The molecule has 0 fully saturated rings. The number of ether oxygens (including phenoxy) is 1. The van der Waals surface area contributed by atoms with Crippen LogP contribution in [0.5, 0.6) is 0 Å². The summed E-state index contributed by atoms with van der Waals surface area (Å²) in [6, 6.07) is 5.71. The van der Waals surface area contributed by atoms with E-state index < -0.39 is 10.0 Å². The van der Waals surface area contributed by atoms with E-state index in [-0.39, 0.29) is 16.7 Å². The third-order valence-electron chi connectivity index (χ3n) is 2.73. The minimum atomic E-state index is -3.63. The normalized spacial score (nSPS) is 13.2. The maximum atomic E-state index is 12.2. The monoisotopic (exact) mass is 285 g/mol. The number of carbonyl (C=O) groups is 1. The van der Waals surface area contributed by atoms with Crippen LogP contribution < -0.4 is 4.72 Å². The van der Waals surface area contributed by atoms with Crippen LogP contribution in [0, 0.1) is 0 Å². The molecule has 0 aliphatic heterocycles. The van der Waals surface area contributed by atoms with Crippen LogP contribution in [-0.2, 0) is 14.8 Å². The molecular formula is C13H19NO4S. The molecular weight excluding hydrogens is 266 g/mol. The van der Waals surface area contributed by atoms with Crippen LogP contribution in [0.3, 0.4) is 0 Å². The standard InChI is InChI=1S/C13H19NO4S/c1-4-12(9-18-3)14-19(16,17)13-7-5-6-11(8-13)10(2)15/h5-8,12,14H,4,9H2,1-3H3. The fraction of sp³-hybridized carbons (Fsp3) is 0.462. The summed E-state index contributed by atoms with van der Waals surface area (Å²) in [4.78, 5) is 11.4. The van der Waals surface area contributed by atoms with Crippen molar-refractivity contribution in [3.63, 3.8) is 0 Å². The van der Waals surface area contributed by atoms with Gasteiger partial charge in [-0.05, 0) is 25.5 Å². The molecule has 0 saturated carbocycles. The Balaban J connectivity index is 2.99. The topological polar surface area (TPSA) is 72.5 Å². The van der Waals surface area contributed by atoms with Crippen molar-refractivity contribution >= 4 is 15.8 Å². The summed E-state index contributed by atoms with van der Waals surface area (Å²) in [5.74, 6) is -0.166. The van der Waals surface area contributed by atoms with Gasteiger partial charge in [-0.3, -0.25) is 4.79 Å². The summed E-state index contributed by atoms with van der Waals surface area (Å²) in [5, 5.41) is 0. The zero-order valence-corrected chi connectivity index (χ0v) is 12.2. The molecule has 1 unspecified atom stereocenters. The molecule has 6 heteroatoms. The first-order valence-electron chi connectivity index (χ1n) is 6.03. The van der Waals surface area contributed by atoms with E-state index in [0.717, 1.165) is 0 Å². The van der Waals surface area contributed by atoms with E-state index in [2.05, 4.69) is 4.72 Å². The molecule has 0 heterocycles. The Labute approximate surface area is 114 Å². The smallest absolute Gasteiger partial charge is 0.240 e. The van der Waals surface area contributed by atoms with E-state index in [1.54, 1.807) is 12.1 Å². The van der Waals surface area contributed by atoms with Crippen molar-refractivity contribution in [1.29, 1.82) is 0 Å². The van der Waals surface area contributed by atoms with E-state index in [1.807, 2.05) is 6.92 Å². The average molecular weight is 285 g/mol. The number of ketones is 1. The van der Waals surface area contributed by atoms with Gasteiger partial charge in [0, 0.05) is 18.7 Å². The highest BCUT2D eigenvalue weighted by Gasteiger charge is 2.19. The summed E-state index contributed by atoms with van der Waals surface area (Å²) < 4.78 is 31.9. The van der Waals surface area contributed by atoms with Gasteiger partial charge in [-0.1, -0.05) is 19.1 Å². The van der Waals surface area contributed by atoms with Crippen molar-refractivity contribution in [2.24, 2.45) is 0 Å². The van der Waals surface area contributed by atoms with Gasteiger partial charge in [-0.15, -0.1) is 0 Å². The zero-order chi connectivity index (χ0) is 14.5. The van der Waals surface area contributed by atoms with Crippen LogP contribution >= 0.6 is 0 Å². The largest absolute Gasteiger partial charge is 0.383 e. The number of hydrogen-bond donors (Lipinski definition) is 1. The van der Waals surface area contributed by atoms with Gasteiger partial charge >= 0.3 is 0 Å². The first kappa shape index (κ1) is 15.8. The van der Waals surface area contributed by atoms with Crippen LogP contribution in [0.1, 0.15) is 30.6 Å². The van der Waals surface area contributed by atoms with Crippen molar-refractivity contribution < 1.29 is 17.9 Å². The van der Waals surface area contributed by atoms with Crippen LogP contribution in [0.15, 0.2) is 29.2 Å². The first-order chi connectivity index (χ1) is 8.90. The molecule has 0 bridgehead atoms. The van der Waals surface area contributed by atoms with Gasteiger partial charge in [-0.2, -0.15) is 0 Å². The lowest BCUT2D eigenvalue weighted by atomic mass is 10.2. The highest BCUT2D eigenvalue weighted by Crippen LogP contribution is 2.13. The van der Waals surface area contributed by atoms with Gasteiger partial charge in [0.05, 0.1) is 11.5 Å². The highest BCUT2D eigenvalue weighted by atomic mass is 32.2. The second-order valence-corrected chi connectivity index (χ2v) is 5.98. The molecule has 19 heavy (non-hydrogen) atoms. The third-order valence-corrected chi connectivity index (χ3v) is 4.25. The molecule has 0 aliphatic carbocycles. The molecule has 1 aromatic carbocycles. The maximum Gasteiger partial charge on any atom is 0.240 e. The quantitative estimate of drug-likeness (QED) is 0.772. The lowest BCUT2D eigenvalue weighted by Gasteiger charge is -2.16. The number of rotatable bonds is 7. The second kappa shape index (κ2) is 6.79. The molecule has 0 radical (unpaired) electrons. The van der Waals surface area contributed by atoms with Gasteiger partial charge in [0.15, 0.2) is 5.78 Å². The number of methoxy groups -OCH3 is 1. The molecule has 5 nitrogen and oxygen atoms in total. The predicted molar refractivity (Wildman–Crippen MR) is 72.7 cm³/mol. The van der Waals surface area contributed by atoms with E-state index in [4.69, 9.17) is 4.74 Å². The van der Waals surface area contributed by atoms with Gasteiger partial charge in [0.1, 0.15) is 0 Å². The number of carbonyl (C=O) groups excluding carboxylic acids is 1. The Morgan fingerprint density at radius 2 is 2.11 bits per heavy atom. The summed E-state index contributed by atoms with van der Waals surface area (Å²) >= 11 is 0. The minimum absolute atomic E-state index is 0.0924. The number of hydrogen-bond acceptors (Lipinski definition) is 4. The van der Waals surface area contributed by atoms with E-state index >= 15 is 0 Å². The molecule has 1 rings (SSSR count). The van der Waals surface area contributed by atoms with Gasteiger partial charge in [0.25, 0.3) is 0 Å². The Morgan fingerprint density at radius 1 is 1.42 bits per heavy atom. The van der Waals surface area contributed by atoms with Crippen molar-refractivity contribution in [3.8, 4) is 0 Å². The van der Waals surface area contributed by atoms with Crippen LogP contribution in [0.2, 0.25) is 0 Å². The molecule has 0 amide bonds. The molecule has 106 valence electrons. The van der Waals surface area contributed by atoms with Gasteiger partial charge < -0.3 is 4.74 Å². The average Bonchev–Trinajstić information content (AvgIpc) is 2.38. The van der Waals surface area contributed by atoms with Crippen LogP contribution in [-0.4, -0.2) is 34.0 Å². The SMILES string of the molecule is CCC(COC)NS(=O)(=O)c1cccc(C(C)=O)c1. The fourth-order valence-corrected chi connectivity index (χ4v) is 2.96.